The Bertz CT molecular complexity index is 1010. The SMILES string of the molecule is CCOC(=O)CCc1cc(-c2nc(C(C)=O)cc3ccccc23)ccc1C. The normalized spacial score (nSPS) is 10.8. The molecule has 0 aliphatic heterocycles. The quantitative estimate of drug-likeness (QED) is 0.462. The van der Waals surface area contributed by atoms with Crippen molar-refractivity contribution >= 4 is 22.5 Å². The number of Topliss-reactive ketones (excluding diaryl/α,β-unsaturated/α-hetero) is 1. The standard InChI is InChI=1S/C23H23NO3/c1-4-27-22(26)12-11-17-13-19(10-9-15(17)2)23-20-8-6-5-7-18(20)14-21(24-23)16(3)25/h5-10,13-14H,4,11-12H2,1-3H3. The molecule has 1 heterocycles. The van der Waals surface area contributed by atoms with Crippen molar-refractivity contribution in [1.29, 1.82) is 0 Å². The average molecular weight is 361 g/mol. The van der Waals surface area contributed by atoms with Crippen LogP contribution in [-0.2, 0) is 16.0 Å². The number of aryl methyl sites for hydroxylation is 2. The van der Waals surface area contributed by atoms with Crippen LogP contribution in [-0.4, -0.2) is 23.3 Å². The van der Waals surface area contributed by atoms with Crippen LogP contribution < -0.4 is 0 Å². The largest absolute Gasteiger partial charge is 0.466 e. The lowest BCUT2D eigenvalue weighted by molar-refractivity contribution is -0.143. The molecule has 27 heavy (non-hydrogen) atoms. The van der Waals surface area contributed by atoms with Crippen LogP contribution in [0.1, 0.15) is 41.9 Å². The van der Waals surface area contributed by atoms with Crippen LogP contribution in [0.5, 0.6) is 0 Å². The van der Waals surface area contributed by atoms with Gasteiger partial charge >= 0.3 is 5.97 Å². The number of hydrogen-bond acceptors (Lipinski definition) is 4. The summed E-state index contributed by atoms with van der Waals surface area (Å²) in [5.41, 5.74) is 4.39. The summed E-state index contributed by atoms with van der Waals surface area (Å²) in [5.74, 6) is -0.249. The minimum Gasteiger partial charge on any atom is -0.466 e. The second kappa shape index (κ2) is 8.12. The number of carbonyl (C=O) groups is 2. The van der Waals surface area contributed by atoms with Crippen LogP contribution in [0.3, 0.4) is 0 Å². The van der Waals surface area contributed by atoms with E-state index in [9.17, 15) is 9.59 Å². The molecule has 3 rings (SSSR count). The summed E-state index contributed by atoms with van der Waals surface area (Å²) in [4.78, 5) is 28.2. The minimum atomic E-state index is -0.190. The lowest BCUT2D eigenvalue weighted by Crippen LogP contribution is -2.06. The number of fused-ring (bicyclic) bond motifs is 1. The molecule has 3 aromatic rings. The molecule has 0 amide bonds. The van der Waals surface area contributed by atoms with E-state index >= 15 is 0 Å². The average Bonchev–Trinajstić information content (AvgIpc) is 2.66. The van der Waals surface area contributed by atoms with Gasteiger partial charge in [-0.25, -0.2) is 4.98 Å². The summed E-state index contributed by atoms with van der Waals surface area (Å²) in [7, 11) is 0. The lowest BCUT2D eigenvalue weighted by atomic mass is 9.96. The number of nitrogens with zero attached hydrogens (tertiary/aromatic N) is 1. The summed E-state index contributed by atoms with van der Waals surface area (Å²) < 4.78 is 5.03. The van der Waals surface area contributed by atoms with Crippen molar-refractivity contribution < 1.29 is 14.3 Å². The third-order valence-electron chi connectivity index (χ3n) is 4.63. The third kappa shape index (κ3) is 4.22. The molecule has 0 N–H and O–H groups in total. The number of aromatic nitrogens is 1. The topological polar surface area (TPSA) is 56.3 Å². The minimum absolute atomic E-state index is 0.0587. The predicted molar refractivity (Wildman–Crippen MR) is 107 cm³/mol. The van der Waals surface area contributed by atoms with Crippen molar-refractivity contribution in [2.75, 3.05) is 6.61 Å². The Balaban J connectivity index is 2.05. The Hall–Kier alpha value is -3.01. The molecule has 0 saturated carbocycles. The predicted octanol–water partition coefficient (Wildman–Crippen LogP) is 4.91. The highest BCUT2D eigenvalue weighted by Crippen LogP contribution is 2.29. The van der Waals surface area contributed by atoms with Gasteiger partial charge in [0.05, 0.1) is 12.3 Å². The zero-order chi connectivity index (χ0) is 19.4. The molecule has 0 aliphatic carbocycles. The van der Waals surface area contributed by atoms with Gasteiger partial charge in [0.2, 0.25) is 0 Å². The van der Waals surface area contributed by atoms with Crippen LogP contribution in [0.4, 0.5) is 0 Å². The number of ether oxygens (including phenoxy) is 1. The van der Waals surface area contributed by atoms with Crippen LogP contribution in [0.25, 0.3) is 22.0 Å². The maximum absolute atomic E-state index is 11.9. The third-order valence-corrected chi connectivity index (χ3v) is 4.63. The van der Waals surface area contributed by atoms with Crippen LogP contribution >= 0.6 is 0 Å². The second-order valence-corrected chi connectivity index (χ2v) is 6.58. The Morgan fingerprint density at radius 2 is 1.85 bits per heavy atom. The summed E-state index contributed by atoms with van der Waals surface area (Å²) in [6, 6.07) is 15.9. The van der Waals surface area contributed by atoms with Gasteiger partial charge in [-0.15, -0.1) is 0 Å². The number of esters is 1. The van der Waals surface area contributed by atoms with E-state index < -0.39 is 0 Å². The molecule has 0 bridgehead atoms. The van der Waals surface area contributed by atoms with Crippen LogP contribution in [0.2, 0.25) is 0 Å². The van der Waals surface area contributed by atoms with Crippen molar-refractivity contribution in [3.05, 3.63) is 65.4 Å². The summed E-state index contributed by atoms with van der Waals surface area (Å²) in [6.07, 6.45) is 0.961. The molecule has 0 radical (unpaired) electrons. The molecule has 1 aromatic heterocycles. The van der Waals surface area contributed by atoms with Gasteiger partial charge < -0.3 is 4.74 Å². The number of rotatable bonds is 6. The monoisotopic (exact) mass is 361 g/mol. The molecule has 0 spiro atoms. The second-order valence-electron chi connectivity index (χ2n) is 6.58. The Morgan fingerprint density at radius 3 is 2.59 bits per heavy atom. The first kappa shape index (κ1) is 18.8. The van der Waals surface area contributed by atoms with E-state index in [1.54, 1.807) is 0 Å². The van der Waals surface area contributed by atoms with Gasteiger partial charge in [0.1, 0.15) is 5.69 Å². The van der Waals surface area contributed by atoms with Crippen molar-refractivity contribution in [2.45, 2.75) is 33.6 Å². The zero-order valence-corrected chi connectivity index (χ0v) is 15.9. The molecule has 4 heteroatoms. The molecule has 2 aromatic carbocycles. The van der Waals surface area contributed by atoms with Gasteiger partial charge in [0.25, 0.3) is 0 Å². The van der Waals surface area contributed by atoms with E-state index in [0.29, 0.717) is 25.1 Å². The Labute approximate surface area is 159 Å². The molecule has 0 atom stereocenters. The van der Waals surface area contributed by atoms with Gasteiger partial charge in [-0.1, -0.05) is 36.4 Å². The molecule has 0 saturated heterocycles. The maximum atomic E-state index is 11.9. The van der Waals surface area contributed by atoms with E-state index in [1.807, 2.05) is 56.3 Å². The van der Waals surface area contributed by atoms with Gasteiger partial charge in [0.15, 0.2) is 5.78 Å². The van der Waals surface area contributed by atoms with Crippen molar-refractivity contribution in [1.82, 2.24) is 4.98 Å². The van der Waals surface area contributed by atoms with Gasteiger partial charge in [-0.2, -0.15) is 0 Å². The smallest absolute Gasteiger partial charge is 0.306 e. The first-order valence-corrected chi connectivity index (χ1v) is 9.16. The first-order valence-electron chi connectivity index (χ1n) is 9.16. The van der Waals surface area contributed by atoms with Crippen LogP contribution in [0.15, 0.2) is 48.5 Å². The molecular formula is C23H23NO3. The van der Waals surface area contributed by atoms with E-state index in [0.717, 1.165) is 33.2 Å². The first-order chi connectivity index (χ1) is 13.0. The fourth-order valence-corrected chi connectivity index (χ4v) is 3.16. The number of carbonyl (C=O) groups excluding carboxylic acids is 2. The summed E-state index contributed by atoms with van der Waals surface area (Å²) in [6.45, 7) is 5.76. The molecule has 0 aliphatic rings. The fraction of sp³-hybridized carbons (Fsp3) is 0.261. The van der Waals surface area contributed by atoms with E-state index in [1.165, 1.54) is 6.92 Å². The summed E-state index contributed by atoms with van der Waals surface area (Å²) in [5, 5.41) is 1.99. The molecular weight excluding hydrogens is 338 g/mol. The number of hydrogen-bond donors (Lipinski definition) is 0. The number of benzene rings is 2. The Kier molecular flexibility index (Phi) is 5.65. The number of pyridine rings is 1. The van der Waals surface area contributed by atoms with Crippen LogP contribution in [0, 0.1) is 6.92 Å². The highest BCUT2D eigenvalue weighted by atomic mass is 16.5. The number of ketones is 1. The molecule has 0 fully saturated rings. The van der Waals surface area contributed by atoms with Gasteiger partial charge in [-0.05, 0) is 48.9 Å². The van der Waals surface area contributed by atoms with Gasteiger partial charge in [-0.3, -0.25) is 9.59 Å². The summed E-state index contributed by atoms with van der Waals surface area (Å²) >= 11 is 0. The Morgan fingerprint density at radius 1 is 1.07 bits per heavy atom. The lowest BCUT2D eigenvalue weighted by Gasteiger charge is -2.12. The maximum Gasteiger partial charge on any atom is 0.306 e. The highest BCUT2D eigenvalue weighted by molar-refractivity contribution is 6.01. The zero-order valence-electron chi connectivity index (χ0n) is 15.9. The van der Waals surface area contributed by atoms with Crippen molar-refractivity contribution in [3.63, 3.8) is 0 Å². The fourth-order valence-electron chi connectivity index (χ4n) is 3.16. The molecule has 138 valence electrons. The van der Waals surface area contributed by atoms with E-state index in [-0.39, 0.29) is 11.8 Å². The van der Waals surface area contributed by atoms with E-state index in [4.69, 9.17) is 4.74 Å². The highest BCUT2D eigenvalue weighted by Gasteiger charge is 2.13. The molecule has 4 nitrogen and oxygen atoms in total. The molecule has 0 unspecified atom stereocenters. The van der Waals surface area contributed by atoms with E-state index in [2.05, 4.69) is 11.1 Å². The van der Waals surface area contributed by atoms with Gasteiger partial charge in [0, 0.05) is 24.3 Å². The van der Waals surface area contributed by atoms with Crippen molar-refractivity contribution in [3.8, 4) is 11.3 Å². The van der Waals surface area contributed by atoms with Crippen molar-refractivity contribution in [2.24, 2.45) is 0 Å².